The van der Waals surface area contributed by atoms with Gasteiger partial charge in [-0.15, -0.1) is 0 Å². The second-order valence-electron chi connectivity index (χ2n) is 10.00. The van der Waals surface area contributed by atoms with E-state index in [4.69, 9.17) is 14.5 Å². The van der Waals surface area contributed by atoms with Crippen LogP contribution in [-0.2, 0) is 14.9 Å². The highest BCUT2D eigenvalue weighted by Crippen LogP contribution is 2.26. The average Bonchev–Trinajstić information content (AvgIpc) is 2.80. The maximum absolute atomic E-state index is 5.96. The third kappa shape index (κ3) is 7.96. The van der Waals surface area contributed by atoms with Crippen molar-refractivity contribution in [3.63, 3.8) is 0 Å². The highest BCUT2D eigenvalue weighted by atomic mass is 16.5. The Labute approximate surface area is 195 Å². The summed E-state index contributed by atoms with van der Waals surface area (Å²) in [7, 11) is 0. The van der Waals surface area contributed by atoms with E-state index in [0.717, 1.165) is 84.1 Å². The van der Waals surface area contributed by atoms with E-state index in [1.165, 1.54) is 11.3 Å². The number of nitrogens with zero attached hydrogens (tertiary/aromatic N) is 2. The summed E-state index contributed by atoms with van der Waals surface area (Å²) in [4.78, 5) is 7.28. The Morgan fingerprint density at radius 2 is 1.78 bits per heavy atom. The molecular formula is C26H44N4O2. The quantitative estimate of drug-likeness (QED) is 0.359. The van der Waals surface area contributed by atoms with Crippen LogP contribution < -0.4 is 15.5 Å². The Kier molecular flexibility index (Phi) is 9.67. The van der Waals surface area contributed by atoms with Gasteiger partial charge in [0.15, 0.2) is 5.96 Å². The first-order valence-corrected chi connectivity index (χ1v) is 12.6. The Balaban J connectivity index is 1.39. The van der Waals surface area contributed by atoms with Gasteiger partial charge in [0.05, 0.1) is 6.10 Å². The van der Waals surface area contributed by atoms with Crippen LogP contribution in [0.15, 0.2) is 29.3 Å². The SMILES string of the molecule is CCNC(=NCCCOC1CCOCC1)NC1CCN(c2ccc(C(C)(C)C)cc2)CC1. The van der Waals surface area contributed by atoms with E-state index in [1.807, 2.05) is 0 Å². The van der Waals surface area contributed by atoms with Crippen LogP contribution in [0.3, 0.4) is 0 Å². The van der Waals surface area contributed by atoms with Crippen LogP contribution in [0.4, 0.5) is 5.69 Å². The molecule has 0 radical (unpaired) electrons. The zero-order chi connectivity index (χ0) is 22.8. The number of guanidine groups is 1. The first-order chi connectivity index (χ1) is 15.5. The molecule has 0 unspecified atom stereocenters. The van der Waals surface area contributed by atoms with Crippen molar-refractivity contribution in [1.82, 2.24) is 10.6 Å². The molecule has 6 nitrogen and oxygen atoms in total. The Morgan fingerprint density at radius 1 is 1.09 bits per heavy atom. The van der Waals surface area contributed by atoms with Crippen LogP contribution in [-0.4, -0.2) is 64.1 Å². The van der Waals surface area contributed by atoms with Gasteiger partial charge in [-0.05, 0) is 62.1 Å². The molecule has 0 aromatic heterocycles. The molecule has 0 spiro atoms. The second kappa shape index (κ2) is 12.4. The van der Waals surface area contributed by atoms with Gasteiger partial charge in [0.1, 0.15) is 0 Å². The fourth-order valence-corrected chi connectivity index (χ4v) is 4.32. The number of benzene rings is 1. The smallest absolute Gasteiger partial charge is 0.191 e. The Morgan fingerprint density at radius 3 is 2.41 bits per heavy atom. The first-order valence-electron chi connectivity index (χ1n) is 12.6. The van der Waals surface area contributed by atoms with E-state index in [2.05, 4.69) is 67.5 Å². The van der Waals surface area contributed by atoms with Gasteiger partial charge in [-0.2, -0.15) is 0 Å². The lowest BCUT2D eigenvalue weighted by Crippen LogP contribution is -2.48. The van der Waals surface area contributed by atoms with E-state index in [1.54, 1.807) is 0 Å². The number of ether oxygens (including phenoxy) is 2. The van der Waals surface area contributed by atoms with Crippen molar-refractivity contribution >= 4 is 11.6 Å². The molecule has 6 heteroatoms. The van der Waals surface area contributed by atoms with Gasteiger partial charge in [0, 0.05) is 57.7 Å². The summed E-state index contributed by atoms with van der Waals surface area (Å²) in [5.41, 5.74) is 2.93. The molecule has 0 aliphatic carbocycles. The summed E-state index contributed by atoms with van der Waals surface area (Å²) in [6, 6.07) is 9.59. The fraction of sp³-hybridized carbons (Fsp3) is 0.731. The maximum Gasteiger partial charge on any atom is 0.191 e. The molecule has 2 fully saturated rings. The minimum absolute atomic E-state index is 0.203. The molecule has 0 atom stereocenters. The molecule has 1 aromatic rings. The van der Waals surface area contributed by atoms with Crippen LogP contribution in [0, 0.1) is 0 Å². The highest BCUT2D eigenvalue weighted by Gasteiger charge is 2.21. The predicted molar refractivity (Wildman–Crippen MR) is 134 cm³/mol. The van der Waals surface area contributed by atoms with Gasteiger partial charge in [-0.1, -0.05) is 32.9 Å². The lowest BCUT2D eigenvalue weighted by Gasteiger charge is -2.35. The van der Waals surface area contributed by atoms with E-state index in [-0.39, 0.29) is 5.41 Å². The summed E-state index contributed by atoms with van der Waals surface area (Å²) in [5.74, 6) is 0.937. The number of piperidine rings is 1. The zero-order valence-corrected chi connectivity index (χ0v) is 20.7. The molecule has 2 aliphatic heterocycles. The normalized spacial score (nSPS) is 19.2. The van der Waals surface area contributed by atoms with Crippen molar-refractivity contribution in [3.05, 3.63) is 29.8 Å². The summed E-state index contributed by atoms with van der Waals surface area (Å²) < 4.78 is 11.3. The molecule has 2 N–H and O–H groups in total. The third-order valence-corrected chi connectivity index (χ3v) is 6.37. The summed E-state index contributed by atoms with van der Waals surface area (Å²) in [6.45, 7) is 15.2. The maximum atomic E-state index is 5.96. The molecular weight excluding hydrogens is 400 g/mol. The number of hydrogen-bond donors (Lipinski definition) is 2. The van der Waals surface area contributed by atoms with Crippen LogP contribution in [0.25, 0.3) is 0 Å². The summed E-state index contributed by atoms with van der Waals surface area (Å²) >= 11 is 0. The topological polar surface area (TPSA) is 58.1 Å². The summed E-state index contributed by atoms with van der Waals surface area (Å²) in [5, 5.41) is 7.05. The Hall–Kier alpha value is -1.79. The molecule has 2 saturated heterocycles. The molecule has 32 heavy (non-hydrogen) atoms. The van der Waals surface area contributed by atoms with Crippen LogP contribution >= 0.6 is 0 Å². The van der Waals surface area contributed by atoms with Gasteiger partial charge < -0.3 is 25.0 Å². The lowest BCUT2D eigenvalue weighted by atomic mass is 9.87. The molecule has 0 bridgehead atoms. The van der Waals surface area contributed by atoms with E-state index in [9.17, 15) is 0 Å². The first kappa shape index (κ1) is 24.8. The van der Waals surface area contributed by atoms with Crippen molar-refractivity contribution in [2.45, 2.75) is 77.4 Å². The molecule has 3 rings (SSSR count). The molecule has 0 amide bonds. The average molecular weight is 445 g/mol. The minimum atomic E-state index is 0.203. The van der Waals surface area contributed by atoms with Crippen LogP contribution in [0.2, 0.25) is 0 Å². The van der Waals surface area contributed by atoms with Crippen LogP contribution in [0.1, 0.15) is 65.4 Å². The molecule has 180 valence electrons. The van der Waals surface area contributed by atoms with Gasteiger partial charge in [-0.25, -0.2) is 0 Å². The predicted octanol–water partition coefficient (Wildman–Crippen LogP) is 4.09. The van der Waals surface area contributed by atoms with Crippen molar-refractivity contribution in [3.8, 4) is 0 Å². The van der Waals surface area contributed by atoms with Gasteiger partial charge in [0.2, 0.25) is 0 Å². The lowest BCUT2D eigenvalue weighted by molar-refractivity contribution is -0.0318. The number of hydrogen-bond acceptors (Lipinski definition) is 4. The molecule has 2 aliphatic rings. The largest absolute Gasteiger partial charge is 0.381 e. The Bertz CT molecular complexity index is 685. The number of anilines is 1. The summed E-state index contributed by atoms with van der Waals surface area (Å²) in [6.07, 6.45) is 5.61. The number of nitrogens with one attached hydrogen (secondary N) is 2. The molecule has 2 heterocycles. The van der Waals surface area contributed by atoms with Crippen molar-refractivity contribution in [1.29, 1.82) is 0 Å². The van der Waals surface area contributed by atoms with Gasteiger partial charge in [-0.3, -0.25) is 4.99 Å². The monoisotopic (exact) mass is 444 g/mol. The highest BCUT2D eigenvalue weighted by molar-refractivity contribution is 5.80. The van der Waals surface area contributed by atoms with Crippen LogP contribution in [0.5, 0.6) is 0 Å². The van der Waals surface area contributed by atoms with E-state index in [0.29, 0.717) is 12.1 Å². The second-order valence-corrected chi connectivity index (χ2v) is 10.00. The molecule has 1 aromatic carbocycles. The van der Waals surface area contributed by atoms with Gasteiger partial charge >= 0.3 is 0 Å². The minimum Gasteiger partial charge on any atom is -0.381 e. The molecule has 0 saturated carbocycles. The van der Waals surface area contributed by atoms with Crippen molar-refractivity contribution in [2.75, 3.05) is 50.9 Å². The fourth-order valence-electron chi connectivity index (χ4n) is 4.32. The van der Waals surface area contributed by atoms with Crippen molar-refractivity contribution in [2.24, 2.45) is 4.99 Å². The zero-order valence-electron chi connectivity index (χ0n) is 20.7. The third-order valence-electron chi connectivity index (χ3n) is 6.37. The van der Waals surface area contributed by atoms with E-state index >= 15 is 0 Å². The van der Waals surface area contributed by atoms with Crippen molar-refractivity contribution < 1.29 is 9.47 Å². The number of rotatable bonds is 8. The standard InChI is InChI=1S/C26H44N4O2/c1-5-27-25(28-15-6-18-32-24-13-19-31-20-14-24)29-22-11-16-30(17-12-22)23-9-7-21(8-10-23)26(2,3)4/h7-10,22,24H,5-6,11-20H2,1-4H3,(H2,27,28,29). The number of aliphatic imine (C=N–C) groups is 1. The van der Waals surface area contributed by atoms with Gasteiger partial charge in [0.25, 0.3) is 0 Å². The van der Waals surface area contributed by atoms with E-state index < -0.39 is 0 Å².